The highest BCUT2D eigenvalue weighted by molar-refractivity contribution is 5.88. The number of aromatic carboxylic acids is 1. The van der Waals surface area contributed by atoms with Crippen molar-refractivity contribution in [3.8, 4) is 0 Å². The van der Waals surface area contributed by atoms with Gasteiger partial charge < -0.3 is 9.67 Å². The van der Waals surface area contributed by atoms with Gasteiger partial charge in [-0.3, -0.25) is 9.69 Å². The first-order chi connectivity index (χ1) is 16.5. The molecule has 2 aliphatic heterocycles. The minimum Gasteiger partial charge on any atom is -0.476 e. The lowest BCUT2D eigenvalue weighted by Gasteiger charge is -2.56. The molecule has 0 spiro atoms. The predicted molar refractivity (Wildman–Crippen MR) is 132 cm³/mol. The van der Waals surface area contributed by atoms with Crippen LogP contribution in [0.4, 0.5) is 0 Å². The van der Waals surface area contributed by atoms with Gasteiger partial charge in [0.25, 0.3) is 5.56 Å². The molecular weight excluding hydrogens is 426 g/mol. The van der Waals surface area contributed by atoms with Crippen molar-refractivity contribution in [2.24, 2.45) is 17.8 Å². The molecule has 6 heteroatoms. The van der Waals surface area contributed by atoms with E-state index in [1.807, 2.05) is 24.3 Å². The van der Waals surface area contributed by atoms with Crippen LogP contribution >= 0.6 is 0 Å². The summed E-state index contributed by atoms with van der Waals surface area (Å²) in [4.78, 5) is 32.2. The van der Waals surface area contributed by atoms with Crippen LogP contribution in [0, 0.1) is 17.8 Å². The predicted octanol–water partition coefficient (Wildman–Crippen LogP) is 5.26. The Hall–Kier alpha value is -2.21. The van der Waals surface area contributed by atoms with Crippen molar-refractivity contribution in [3.63, 3.8) is 0 Å². The molecule has 2 saturated carbocycles. The van der Waals surface area contributed by atoms with Crippen LogP contribution in [0.15, 0.2) is 29.1 Å². The number of fused-ring (bicyclic) bond motifs is 5. The van der Waals surface area contributed by atoms with E-state index in [9.17, 15) is 14.7 Å². The van der Waals surface area contributed by atoms with Crippen molar-refractivity contribution in [2.45, 2.75) is 102 Å². The Morgan fingerprint density at radius 2 is 1.62 bits per heavy atom. The van der Waals surface area contributed by atoms with Gasteiger partial charge in [0.15, 0.2) is 0 Å². The highest BCUT2D eigenvalue weighted by atomic mass is 16.4. The van der Waals surface area contributed by atoms with Crippen LogP contribution in [0.1, 0.15) is 94.1 Å². The smallest absolute Gasteiger partial charge is 0.360 e. The number of rotatable bonds is 4. The number of aromatic nitrogens is 2. The molecular formula is C28H37N3O3. The molecule has 2 saturated heterocycles. The van der Waals surface area contributed by atoms with Gasteiger partial charge in [-0.2, -0.15) is 0 Å². The number of carboxylic acids is 1. The third kappa shape index (κ3) is 3.78. The Labute approximate surface area is 201 Å². The Morgan fingerprint density at radius 1 is 0.941 bits per heavy atom. The number of hydrogen-bond acceptors (Lipinski definition) is 4. The molecule has 6 nitrogen and oxygen atoms in total. The van der Waals surface area contributed by atoms with Gasteiger partial charge in [-0.15, -0.1) is 0 Å². The number of piperidine rings is 2. The molecule has 4 atom stereocenters. The van der Waals surface area contributed by atoms with E-state index in [-0.39, 0.29) is 11.7 Å². The van der Waals surface area contributed by atoms with Gasteiger partial charge >= 0.3 is 5.97 Å². The van der Waals surface area contributed by atoms with E-state index in [2.05, 4.69) is 16.8 Å². The second kappa shape index (κ2) is 8.78. The number of benzene rings is 1. The first kappa shape index (κ1) is 22.3. The largest absolute Gasteiger partial charge is 0.476 e. The fourth-order valence-corrected chi connectivity index (χ4v) is 8.38. The maximum atomic E-state index is 13.3. The summed E-state index contributed by atoms with van der Waals surface area (Å²) < 4.78 is 1.79. The Bertz CT molecular complexity index is 1120. The molecule has 4 bridgehead atoms. The van der Waals surface area contributed by atoms with Crippen molar-refractivity contribution < 1.29 is 9.90 Å². The van der Waals surface area contributed by atoms with Crippen LogP contribution in [0.2, 0.25) is 0 Å². The molecule has 1 aromatic heterocycles. The summed E-state index contributed by atoms with van der Waals surface area (Å²) in [6.07, 6.45) is 13.9. The van der Waals surface area contributed by atoms with Crippen molar-refractivity contribution in [1.82, 2.24) is 14.5 Å². The van der Waals surface area contributed by atoms with Gasteiger partial charge in [-0.1, -0.05) is 31.9 Å². The van der Waals surface area contributed by atoms with E-state index in [0.717, 1.165) is 36.1 Å². The van der Waals surface area contributed by atoms with Gasteiger partial charge in [-0.05, 0) is 87.7 Å². The van der Waals surface area contributed by atoms with E-state index >= 15 is 0 Å². The third-order valence-corrected chi connectivity index (χ3v) is 9.58. The lowest BCUT2D eigenvalue weighted by molar-refractivity contribution is -0.0534. The molecule has 0 amide bonds. The van der Waals surface area contributed by atoms with Gasteiger partial charge in [0.2, 0.25) is 5.69 Å². The van der Waals surface area contributed by atoms with Gasteiger partial charge in [0.05, 0.1) is 11.0 Å². The molecule has 0 radical (unpaired) electrons. The number of hydrogen-bond donors (Lipinski definition) is 1. The number of nitrogens with zero attached hydrogens (tertiary/aromatic N) is 3. The Balaban J connectivity index is 1.31. The average Bonchev–Trinajstić information content (AvgIpc) is 2.82. The summed E-state index contributed by atoms with van der Waals surface area (Å²) in [6, 6.07) is 9.24. The normalized spacial score (nSPS) is 35.9. The summed E-state index contributed by atoms with van der Waals surface area (Å²) >= 11 is 0. The van der Waals surface area contributed by atoms with Crippen molar-refractivity contribution in [1.29, 1.82) is 0 Å². The van der Waals surface area contributed by atoms with Gasteiger partial charge in [0.1, 0.15) is 0 Å². The molecule has 4 unspecified atom stereocenters. The molecule has 4 aliphatic rings. The third-order valence-electron chi connectivity index (χ3n) is 9.58. The molecule has 182 valence electrons. The first-order valence-corrected chi connectivity index (χ1v) is 13.5. The van der Waals surface area contributed by atoms with Crippen LogP contribution in [0.25, 0.3) is 11.0 Å². The average molecular weight is 464 g/mol. The van der Waals surface area contributed by atoms with Gasteiger partial charge in [0, 0.05) is 24.2 Å². The topological polar surface area (TPSA) is 75.4 Å². The van der Waals surface area contributed by atoms with E-state index in [0.29, 0.717) is 23.6 Å². The van der Waals surface area contributed by atoms with Crippen LogP contribution < -0.4 is 5.56 Å². The second-order valence-corrected chi connectivity index (χ2v) is 11.6. The lowest BCUT2D eigenvalue weighted by atomic mass is 9.64. The monoisotopic (exact) mass is 463 g/mol. The zero-order valence-corrected chi connectivity index (χ0v) is 20.2. The van der Waals surface area contributed by atoms with Crippen molar-refractivity contribution >= 4 is 17.0 Å². The standard InChI is InChI=1S/C28H37N3O3/c1-2-17-10-18-12-19(11-17)14-22(13-18)30-20-6-5-7-21(30)16-23(15-20)31-25-9-4-3-8-24(25)29-26(27(31)32)28(33)34/h3-4,8-9,17-23H,2,5-7,10-16H2,1H3,(H,33,34). The first-order valence-electron chi connectivity index (χ1n) is 13.5. The molecule has 2 aromatic rings. The fraction of sp³-hybridized carbons (Fsp3) is 0.679. The van der Waals surface area contributed by atoms with E-state index in [1.165, 1.54) is 57.8 Å². The number of carbonyl (C=O) groups is 1. The van der Waals surface area contributed by atoms with E-state index in [4.69, 9.17) is 0 Å². The van der Waals surface area contributed by atoms with Crippen molar-refractivity contribution in [3.05, 3.63) is 40.3 Å². The lowest BCUT2D eigenvalue weighted by Crippen LogP contribution is -2.59. The van der Waals surface area contributed by atoms with Crippen LogP contribution in [-0.4, -0.2) is 43.7 Å². The highest BCUT2D eigenvalue weighted by Gasteiger charge is 2.46. The molecule has 1 aromatic carbocycles. The molecule has 3 heterocycles. The minimum atomic E-state index is -1.23. The van der Waals surface area contributed by atoms with E-state index in [1.54, 1.807) is 4.57 Å². The van der Waals surface area contributed by atoms with Crippen LogP contribution in [0.5, 0.6) is 0 Å². The summed E-state index contributed by atoms with van der Waals surface area (Å²) in [5.41, 5.74) is 0.571. The number of para-hydroxylation sites is 2. The van der Waals surface area contributed by atoms with Crippen molar-refractivity contribution in [2.75, 3.05) is 0 Å². The molecule has 1 N–H and O–H groups in total. The number of carboxylic acid groups (broad SMARTS) is 1. The summed E-state index contributed by atoms with van der Waals surface area (Å²) in [7, 11) is 0. The quantitative estimate of drug-likeness (QED) is 0.670. The Kier molecular flexibility index (Phi) is 5.75. The van der Waals surface area contributed by atoms with Crippen LogP contribution in [-0.2, 0) is 0 Å². The highest BCUT2D eigenvalue weighted by Crippen LogP contribution is 2.49. The van der Waals surface area contributed by atoms with Gasteiger partial charge in [-0.25, -0.2) is 9.78 Å². The SMILES string of the molecule is CCC1CC2CC(C1)CC(N1C3CCCC1CC(n1c(=O)c(C(=O)O)nc4ccccc41)C3)C2. The minimum absolute atomic E-state index is 0.0395. The molecule has 4 fully saturated rings. The summed E-state index contributed by atoms with van der Waals surface area (Å²) in [5.74, 6) is 1.49. The summed E-state index contributed by atoms with van der Waals surface area (Å²) in [5, 5.41) is 9.65. The summed E-state index contributed by atoms with van der Waals surface area (Å²) in [6.45, 7) is 2.36. The maximum Gasteiger partial charge on any atom is 0.360 e. The molecule has 34 heavy (non-hydrogen) atoms. The van der Waals surface area contributed by atoms with Crippen LogP contribution in [0.3, 0.4) is 0 Å². The second-order valence-electron chi connectivity index (χ2n) is 11.6. The zero-order valence-electron chi connectivity index (χ0n) is 20.2. The Morgan fingerprint density at radius 3 is 2.26 bits per heavy atom. The molecule has 6 rings (SSSR count). The molecule has 2 aliphatic carbocycles. The zero-order chi connectivity index (χ0) is 23.4. The maximum absolute atomic E-state index is 13.3. The van der Waals surface area contributed by atoms with E-state index < -0.39 is 11.5 Å². The fourth-order valence-electron chi connectivity index (χ4n) is 8.38.